The van der Waals surface area contributed by atoms with Crippen LogP contribution >= 0.6 is 0 Å². The number of amidine groups is 1. The Bertz CT molecular complexity index is 690. The van der Waals surface area contributed by atoms with E-state index in [0.717, 1.165) is 16.8 Å². The highest BCUT2D eigenvalue weighted by molar-refractivity contribution is 6.06. The molecule has 2 rings (SSSR count). The summed E-state index contributed by atoms with van der Waals surface area (Å²) in [4.78, 5) is 14.7. The van der Waals surface area contributed by atoms with Crippen LogP contribution in [-0.4, -0.2) is 29.7 Å². The van der Waals surface area contributed by atoms with Crippen LogP contribution in [0.5, 0.6) is 0 Å². The van der Waals surface area contributed by atoms with Gasteiger partial charge in [-0.1, -0.05) is 18.2 Å². The average molecular weight is 327 g/mol. The Morgan fingerprint density at radius 1 is 1.38 bits per heavy atom. The summed E-state index contributed by atoms with van der Waals surface area (Å²) in [5.41, 5.74) is 7.61. The van der Waals surface area contributed by atoms with Crippen molar-refractivity contribution in [2.24, 2.45) is 5.73 Å². The number of nitrogens with one attached hydrogen (secondary N) is 3. The van der Waals surface area contributed by atoms with E-state index >= 15 is 0 Å². The van der Waals surface area contributed by atoms with Gasteiger partial charge in [-0.2, -0.15) is 0 Å². The molecule has 2 amide bonds. The number of benzene rings is 1. The summed E-state index contributed by atoms with van der Waals surface area (Å²) >= 11 is 0. The second-order valence-electron chi connectivity index (χ2n) is 5.21. The number of anilines is 1. The molecule has 0 fully saturated rings. The third kappa shape index (κ3) is 5.69. The van der Waals surface area contributed by atoms with Gasteiger partial charge in [0.25, 0.3) is 0 Å². The molecule has 0 bridgehead atoms. The zero-order valence-corrected chi connectivity index (χ0v) is 13.5. The maximum absolute atomic E-state index is 10.7. The van der Waals surface area contributed by atoms with Crippen LogP contribution in [0, 0.1) is 5.41 Å². The second-order valence-corrected chi connectivity index (χ2v) is 5.21. The molecule has 0 saturated carbocycles. The average Bonchev–Trinajstić information content (AvgIpc) is 2.55. The van der Waals surface area contributed by atoms with Gasteiger partial charge in [0, 0.05) is 11.8 Å². The molecule has 1 atom stereocenters. The van der Waals surface area contributed by atoms with Crippen LogP contribution in [-0.2, 0) is 11.2 Å². The monoisotopic (exact) mass is 327 g/mol. The van der Waals surface area contributed by atoms with Gasteiger partial charge in [0.15, 0.2) is 0 Å². The highest BCUT2D eigenvalue weighted by Gasteiger charge is 2.06. The zero-order chi connectivity index (χ0) is 17.4. The van der Waals surface area contributed by atoms with Gasteiger partial charge in [-0.05, 0) is 37.1 Å². The topological polar surface area (TPSA) is 113 Å². The minimum atomic E-state index is -0.612. The molecule has 126 valence electrons. The van der Waals surface area contributed by atoms with E-state index in [1.54, 1.807) is 19.3 Å². The molecule has 0 radical (unpaired) electrons. The number of hydrogen-bond acceptors (Lipinski definition) is 4. The maximum Gasteiger partial charge on any atom is 0.314 e. The number of primary amides is 1. The fourth-order valence-electron chi connectivity index (χ4n) is 2.13. The van der Waals surface area contributed by atoms with Gasteiger partial charge in [-0.25, -0.2) is 4.79 Å². The molecular weight excluding hydrogens is 306 g/mol. The van der Waals surface area contributed by atoms with Gasteiger partial charge < -0.3 is 21.1 Å². The minimum Gasteiger partial charge on any atom is -0.358 e. The molecule has 2 aromatic rings. The molecule has 24 heavy (non-hydrogen) atoms. The fourth-order valence-corrected chi connectivity index (χ4v) is 2.13. The highest BCUT2D eigenvalue weighted by atomic mass is 16.5. The molecule has 1 aromatic carbocycles. The number of nitrogens with zero attached hydrogens (tertiary/aromatic N) is 1. The van der Waals surface area contributed by atoms with E-state index in [0.29, 0.717) is 18.9 Å². The predicted octanol–water partition coefficient (Wildman–Crippen LogP) is 2.09. The summed E-state index contributed by atoms with van der Waals surface area (Å²) in [6, 6.07) is 10.7. The largest absolute Gasteiger partial charge is 0.358 e. The Hall–Kier alpha value is -2.93. The molecule has 1 unspecified atom stereocenters. The maximum atomic E-state index is 10.7. The molecule has 1 aromatic heterocycles. The summed E-state index contributed by atoms with van der Waals surface area (Å²) in [5, 5.41) is 13.6. The van der Waals surface area contributed by atoms with Crippen molar-refractivity contribution in [3.05, 3.63) is 59.9 Å². The summed E-state index contributed by atoms with van der Waals surface area (Å²) in [5.74, 6) is 0.300. The normalized spacial score (nSPS) is 11.5. The summed E-state index contributed by atoms with van der Waals surface area (Å²) in [6.45, 7) is 2.16. The molecule has 0 aliphatic carbocycles. The Balaban J connectivity index is 1.89. The first-order valence-corrected chi connectivity index (χ1v) is 7.57. The van der Waals surface area contributed by atoms with E-state index in [-0.39, 0.29) is 0 Å². The van der Waals surface area contributed by atoms with Crippen molar-refractivity contribution < 1.29 is 9.53 Å². The van der Waals surface area contributed by atoms with Gasteiger partial charge in [-0.3, -0.25) is 10.4 Å². The molecule has 0 spiro atoms. The van der Waals surface area contributed by atoms with Crippen molar-refractivity contribution in [3.8, 4) is 0 Å². The van der Waals surface area contributed by atoms with E-state index in [9.17, 15) is 4.79 Å². The van der Waals surface area contributed by atoms with Crippen LogP contribution in [0.15, 0.2) is 48.8 Å². The van der Waals surface area contributed by atoms with Crippen LogP contribution < -0.4 is 16.4 Å². The summed E-state index contributed by atoms with van der Waals surface area (Å²) < 4.78 is 5.46. The minimum absolute atomic E-state index is 0.300. The third-order valence-corrected chi connectivity index (χ3v) is 3.25. The van der Waals surface area contributed by atoms with Crippen molar-refractivity contribution in [2.75, 3.05) is 11.9 Å². The first kappa shape index (κ1) is 17.4. The van der Waals surface area contributed by atoms with Gasteiger partial charge in [0.1, 0.15) is 12.1 Å². The molecule has 0 aliphatic rings. The number of amides is 2. The third-order valence-electron chi connectivity index (χ3n) is 3.25. The van der Waals surface area contributed by atoms with Gasteiger partial charge in [-0.15, -0.1) is 0 Å². The van der Waals surface area contributed by atoms with Crippen molar-refractivity contribution in [3.63, 3.8) is 0 Å². The number of rotatable bonds is 7. The first-order chi connectivity index (χ1) is 11.5. The Labute approximate surface area is 140 Å². The molecule has 7 nitrogen and oxygen atoms in total. The van der Waals surface area contributed by atoms with Gasteiger partial charge in [0.2, 0.25) is 0 Å². The summed E-state index contributed by atoms with van der Waals surface area (Å²) in [6.07, 6.45) is 3.58. The van der Waals surface area contributed by atoms with Crippen LogP contribution in [0.2, 0.25) is 0 Å². The smallest absolute Gasteiger partial charge is 0.314 e. The van der Waals surface area contributed by atoms with E-state index < -0.39 is 12.3 Å². The standard InChI is InChI=1S/C17H21N5O2/c1-12(21-17(19)23)24-9-7-13-4-2-5-14(10-13)16(18)22-15-6-3-8-20-11-15/h2-6,8,10-12H,7,9H2,1H3,(H2,18,22)(H3,19,21,23). The SMILES string of the molecule is CC(NC(N)=O)OCCc1cccc(C(=N)Nc2cccnc2)c1. The lowest BCUT2D eigenvalue weighted by atomic mass is 10.1. The Morgan fingerprint density at radius 2 is 2.21 bits per heavy atom. The van der Waals surface area contributed by atoms with E-state index in [1.165, 1.54) is 0 Å². The Kier molecular flexibility index (Phi) is 6.27. The number of pyridine rings is 1. The van der Waals surface area contributed by atoms with Crippen molar-refractivity contribution >= 4 is 17.6 Å². The van der Waals surface area contributed by atoms with Crippen LogP contribution in [0.1, 0.15) is 18.1 Å². The quantitative estimate of drug-likeness (QED) is 0.354. The molecule has 5 N–H and O–H groups in total. The Morgan fingerprint density at radius 3 is 2.92 bits per heavy atom. The number of carbonyl (C=O) groups excluding carboxylic acids is 1. The van der Waals surface area contributed by atoms with Crippen LogP contribution in [0.25, 0.3) is 0 Å². The van der Waals surface area contributed by atoms with E-state index in [1.807, 2.05) is 36.4 Å². The highest BCUT2D eigenvalue weighted by Crippen LogP contribution is 2.10. The summed E-state index contributed by atoms with van der Waals surface area (Å²) in [7, 11) is 0. The van der Waals surface area contributed by atoms with Crippen molar-refractivity contribution in [1.82, 2.24) is 10.3 Å². The molecule has 1 heterocycles. The van der Waals surface area contributed by atoms with Gasteiger partial charge >= 0.3 is 6.03 Å². The van der Waals surface area contributed by atoms with Crippen LogP contribution in [0.3, 0.4) is 0 Å². The molecule has 0 saturated heterocycles. The molecule has 7 heteroatoms. The molecule has 0 aliphatic heterocycles. The van der Waals surface area contributed by atoms with Gasteiger partial charge in [0.05, 0.1) is 18.5 Å². The lowest BCUT2D eigenvalue weighted by Crippen LogP contribution is -2.38. The number of ether oxygens (including phenoxy) is 1. The number of hydrogen-bond donors (Lipinski definition) is 4. The number of carbonyl (C=O) groups is 1. The van der Waals surface area contributed by atoms with E-state index in [2.05, 4.69) is 15.6 Å². The first-order valence-electron chi connectivity index (χ1n) is 7.57. The predicted molar refractivity (Wildman–Crippen MR) is 93.0 cm³/mol. The second kappa shape index (κ2) is 8.64. The fraction of sp³-hybridized carbons (Fsp3) is 0.235. The zero-order valence-electron chi connectivity index (χ0n) is 13.5. The van der Waals surface area contributed by atoms with Crippen LogP contribution in [0.4, 0.5) is 10.5 Å². The number of aromatic nitrogens is 1. The van der Waals surface area contributed by atoms with Crippen molar-refractivity contribution in [2.45, 2.75) is 19.6 Å². The van der Waals surface area contributed by atoms with Crippen molar-refractivity contribution in [1.29, 1.82) is 5.41 Å². The lowest BCUT2D eigenvalue weighted by Gasteiger charge is -2.13. The van der Waals surface area contributed by atoms with E-state index in [4.69, 9.17) is 15.9 Å². The number of nitrogens with two attached hydrogens (primary N) is 1. The lowest BCUT2D eigenvalue weighted by molar-refractivity contribution is 0.0530. The number of urea groups is 1. The molecular formula is C17H21N5O2.